The zero-order valence-electron chi connectivity index (χ0n) is 14.5. The predicted octanol–water partition coefficient (Wildman–Crippen LogP) is 3.90. The third-order valence-corrected chi connectivity index (χ3v) is 5.36. The summed E-state index contributed by atoms with van der Waals surface area (Å²) >= 11 is 5.89. The van der Waals surface area contributed by atoms with Crippen molar-refractivity contribution in [1.82, 2.24) is 5.32 Å². The molecule has 0 fully saturated rings. The van der Waals surface area contributed by atoms with E-state index in [1.165, 1.54) is 16.7 Å². The van der Waals surface area contributed by atoms with Crippen molar-refractivity contribution in [2.45, 2.75) is 44.8 Å². The van der Waals surface area contributed by atoms with Crippen molar-refractivity contribution in [3.05, 3.63) is 69.2 Å². The highest BCUT2D eigenvalue weighted by atomic mass is 35.5. The Hall–Kier alpha value is -1.68. The largest absolute Gasteiger partial charge is 0.387 e. The number of carbonyl (C=O) groups excluding carboxylic acids is 1. The van der Waals surface area contributed by atoms with E-state index in [2.05, 4.69) is 18.3 Å². The molecule has 0 spiro atoms. The minimum absolute atomic E-state index is 0.321. The fourth-order valence-corrected chi connectivity index (χ4v) is 3.84. The number of aliphatic hydroxyl groups excluding tert-OH is 1. The van der Waals surface area contributed by atoms with E-state index in [9.17, 15) is 9.90 Å². The molecule has 3 rings (SSSR count). The van der Waals surface area contributed by atoms with Crippen LogP contribution in [0.1, 0.15) is 52.1 Å². The summed E-state index contributed by atoms with van der Waals surface area (Å²) in [6, 6.07) is 11.7. The fourth-order valence-electron chi connectivity index (χ4n) is 3.71. The number of halogens is 1. The van der Waals surface area contributed by atoms with Crippen molar-refractivity contribution in [2.75, 3.05) is 6.54 Å². The van der Waals surface area contributed by atoms with E-state index in [0.717, 1.165) is 43.1 Å². The number of aliphatic hydroxyl groups is 1. The van der Waals surface area contributed by atoms with E-state index >= 15 is 0 Å². The summed E-state index contributed by atoms with van der Waals surface area (Å²) in [7, 11) is 0. The van der Waals surface area contributed by atoms with Gasteiger partial charge in [-0.1, -0.05) is 42.8 Å². The average Bonchev–Trinajstić information content (AvgIpc) is 2.65. The van der Waals surface area contributed by atoms with Crippen LogP contribution in [0.4, 0.5) is 0 Å². The Morgan fingerprint density at radius 1 is 1.28 bits per heavy atom. The van der Waals surface area contributed by atoms with Gasteiger partial charge in [-0.2, -0.15) is 0 Å². The molecule has 25 heavy (non-hydrogen) atoms. The Labute approximate surface area is 154 Å². The first-order chi connectivity index (χ1) is 12.1. The monoisotopic (exact) mass is 357 g/mol. The van der Waals surface area contributed by atoms with Crippen LogP contribution in [-0.2, 0) is 19.3 Å². The normalized spacial score (nSPS) is 17.8. The number of fused-ring (bicyclic) bond motifs is 1. The number of nitrogens with one attached hydrogen (secondary N) is 1. The Bertz CT molecular complexity index is 742. The molecular weight excluding hydrogens is 334 g/mol. The topological polar surface area (TPSA) is 49.3 Å². The van der Waals surface area contributed by atoms with E-state index in [4.69, 9.17) is 11.6 Å². The van der Waals surface area contributed by atoms with E-state index in [-0.39, 0.29) is 0 Å². The molecule has 0 amide bonds. The van der Waals surface area contributed by atoms with Gasteiger partial charge in [0.15, 0.2) is 0 Å². The zero-order chi connectivity index (χ0) is 17.8. The van der Waals surface area contributed by atoms with Crippen LogP contribution < -0.4 is 5.32 Å². The SMILES string of the molecule is CCc1c(C=O)ccc2c1C[C@@H](NC[C@H](O)c1ccc(Cl)cc1)CC2. The third kappa shape index (κ3) is 4.12. The van der Waals surface area contributed by atoms with Crippen molar-refractivity contribution in [3.63, 3.8) is 0 Å². The molecule has 4 heteroatoms. The van der Waals surface area contributed by atoms with Gasteiger partial charge in [0.25, 0.3) is 0 Å². The van der Waals surface area contributed by atoms with E-state index in [1.54, 1.807) is 12.1 Å². The van der Waals surface area contributed by atoms with Crippen LogP contribution in [0.3, 0.4) is 0 Å². The number of carbonyl (C=O) groups is 1. The smallest absolute Gasteiger partial charge is 0.150 e. The molecule has 0 bridgehead atoms. The molecule has 2 aromatic rings. The molecule has 2 atom stereocenters. The molecular formula is C21H24ClNO2. The summed E-state index contributed by atoms with van der Waals surface area (Å²) in [5, 5.41) is 14.5. The van der Waals surface area contributed by atoms with Gasteiger partial charge in [0.1, 0.15) is 6.29 Å². The second kappa shape index (κ2) is 8.13. The summed E-state index contributed by atoms with van der Waals surface area (Å²) in [5.41, 5.74) is 5.53. The van der Waals surface area contributed by atoms with Gasteiger partial charge in [-0.25, -0.2) is 0 Å². The standard InChI is InChI=1S/C21H24ClNO2/c1-2-19-16(13-24)4-3-14-7-10-18(11-20(14)19)23-12-21(25)15-5-8-17(22)9-6-15/h3-6,8-9,13,18,21,23,25H,2,7,10-12H2,1H3/t18-,21-/m0/s1. The molecule has 0 saturated carbocycles. The van der Waals surface area contributed by atoms with Gasteiger partial charge in [0.2, 0.25) is 0 Å². The number of rotatable bonds is 6. The summed E-state index contributed by atoms with van der Waals surface area (Å²) in [6.45, 7) is 2.61. The zero-order valence-corrected chi connectivity index (χ0v) is 15.2. The minimum atomic E-state index is -0.550. The number of hydrogen-bond donors (Lipinski definition) is 2. The lowest BCUT2D eigenvalue weighted by Gasteiger charge is -2.29. The molecule has 0 heterocycles. The molecule has 0 aromatic heterocycles. The Balaban J connectivity index is 1.66. The van der Waals surface area contributed by atoms with Crippen LogP contribution in [0.25, 0.3) is 0 Å². The summed E-state index contributed by atoms with van der Waals surface area (Å²) in [4.78, 5) is 11.3. The lowest BCUT2D eigenvalue weighted by Crippen LogP contribution is -2.37. The molecule has 1 aliphatic rings. The van der Waals surface area contributed by atoms with Gasteiger partial charge >= 0.3 is 0 Å². The Morgan fingerprint density at radius 2 is 2.04 bits per heavy atom. The lowest BCUT2D eigenvalue weighted by atomic mass is 9.83. The molecule has 3 nitrogen and oxygen atoms in total. The number of hydrogen-bond acceptors (Lipinski definition) is 3. The van der Waals surface area contributed by atoms with Crippen molar-refractivity contribution in [1.29, 1.82) is 0 Å². The van der Waals surface area contributed by atoms with Crippen molar-refractivity contribution >= 4 is 17.9 Å². The van der Waals surface area contributed by atoms with Crippen LogP contribution >= 0.6 is 11.6 Å². The predicted molar refractivity (Wildman–Crippen MR) is 101 cm³/mol. The fraction of sp³-hybridized carbons (Fsp3) is 0.381. The van der Waals surface area contributed by atoms with Gasteiger partial charge < -0.3 is 10.4 Å². The second-order valence-corrected chi connectivity index (χ2v) is 7.09. The van der Waals surface area contributed by atoms with Crippen LogP contribution in [0.5, 0.6) is 0 Å². The van der Waals surface area contributed by atoms with Crippen molar-refractivity contribution in [3.8, 4) is 0 Å². The van der Waals surface area contributed by atoms with Gasteiger partial charge in [-0.3, -0.25) is 4.79 Å². The third-order valence-electron chi connectivity index (χ3n) is 5.11. The first kappa shape index (κ1) is 18.1. The van der Waals surface area contributed by atoms with E-state index in [1.807, 2.05) is 18.2 Å². The minimum Gasteiger partial charge on any atom is -0.387 e. The Morgan fingerprint density at radius 3 is 2.72 bits per heavy atom. The molecule has 2 N–H and O–H groups in total. The van der Waals surface area contributed by atoms with Crippen molar-refractivity contribution in [2.24, 2.45) is 0 Å². The van der Waals surface area contributed by atoms with Gasteiger partial charge in [-0.05, 0) is 60.1 Å². The van der Waals surface area contributed by atoms with Crippen LogP contribution in [0.2, 0.25) is 5.02 Å². The van der Waals surface area contributed by atoms with Gasteiger partial charge in [0, 0.05) is 23.2 Å². The molecule has 0 aliphatic heterocycles. The first-order valence-corrected chi connectivity index (χ1v) is 9.25. The van der Waals surface area contributed by atoms with Gasteiger partial charge in [0.05, 0.1) is 6.10 Å². The summed E-state index contributed by atoms with van der Waals surface area (Å²) in [6.07, 6.45) is 4.25. The number of aldehydes is 1. The molecule has 1 aliphatic carbocycles. The summed E-state index contributed by atoms with van der Waals surface area (Å²) in [5.74, 6) is 0. The van der Waals surface area contributed by atoms with E-state index < -0.39 is 6.10 Å². The summed E-state index contributed by atoms with van der Waals surface area (Å²) < 4.78 is 0. The quantitative estimate of drug-likeness (QED) is 0.771. The average molecular weight is 358 g/mol. The highest BCUT2D eigenvalue weighted by Gasteiger charge is 2.22. The maximum Gasteiger partial charge on any atom is 0.150 e. The molecule has 2 aromatic carbocycles. The second-order valence-electron chi connectivity index (χ2n) is 6.66. The van der Waals surface area contributed by atoms with E-state index in [0.29, 0.717) is 17.6 Å². The molecule has 132 valence electrons. The van der Waals surface area contributed by atoms with Crippen molar-refractivity contribution < 1.29 is 9.90 Å². The maximum atomic E-state index is 11.3. The van der Waals surface area contributed by atoms with Gasteiger partial charge in [-0.15, -0.1) is 0 Å². The van der Waals surface area contributed by atoms with Crippen LogP contribution in [-0.4, -0.2) is 24.0 Å². The van der Waals surface area contributed by atoms with Crippen LogP contribution in [0, 0.1) is 0 Å². The maximum absolute atomic E-state index is 11.3. The number of aryl methyl sites for hydroxylation is 1. The Kier molecular flexibility index (Phi) is 5.89. The highest BCUT2D eigenvalue weighted by Crippen LogP contribution is 2.27. The van der Waals surface area contributed by atoms with Crippen LogP contribution in [0.15, 0.2) is 36.4 Å². The molecule has 0 radical (unpaired) electrons. The molecule has 0 saturated heterocycles. The first-order valence-electron chi connectivity index (χ1n) is 8.88. The highest BCUT2D eigenvalue weighted by molar-refractivity contribution is 6.30. The number of benzene rings is 2. The molecule has 0 unspecified atom stereocenters. The lowest BCUT2D eigenvalue weighted by molar-refractivity contribution is 0.112.